The van der Waals surface area contributed by atoms with Crippen molar-refractivity contribution in [3.05, 3.63) is 23.3 Å². The zero-order valence-corrected chi connectivity index (χ0v) is 10.6. The molecule has 0 bridgehead atoms. The summed E-state index contributed by atoms with van der Waals surface area (Å²) < 4.78 is 11.0. The topological polar surface area (TPSA) is 87.6 Å². The fourth-order valence-electron chi connectivity index (χ4n) is 2.25. The number of carbonyl (C=O) groups is 1. The van der Waals surface area contributed by atoms with Crippen LogP contribution in [0.1, 0.15) is 30.5 Å². The SMILES string of the molecule is COc1cc2c(cc1C(N)CC(N)=O)OC(C)C2. The lowest BCUT2D eigenvalue weighted by molar-refractivity contribution is -0.118. The first-order valence-corrected chi connectivity index (χ1v) is 5.92. The minimum Gasteiger partial charge on any atom is -0.496 e. The third-order valence-corrected chi connectivity index (χ3v) is 3.07. The first-order chi connectivity index (χ1) is 8.51. The van der Waals surface area contributed by atoms with Gasteiger partial charge in [-0.15, -0.1) is 0 Å². The van der Waals surface area contributed by atoms with Gasteiger partial charge in [-0.1, -0.05) is 0 Å². The molecule has 1 aliphatic heterocycles. The number of hydrogen-bond donors (Lipinski definition) is 2. The van der Waals surface area contributed by atoms with Crippen molar-refractivity contribution in [1.82, 2.24) is 0 Å². The van der Waals surface area contributed by atoms with E-state index in [1.54, 1.807) is 7.11 Å². The maximum absolute atomic E-state index is 10.9. The lowest BCUT2D eigenvalue weighted by Gasteiger charge is -2.16. The number of benzene rings is 1. The summed E-state index contributed by atoms with van der Waals surface area (Å²) in [6.07, 6.45) is 1.11. The molecule has 0 aliphatic carbocycles. The van der Waals surface area contributed by atoms with Gasteiger partial charge in [0, 0.05) is 30.0 Å². The van der Waals surface area contributed by atoms with Crippen LogP contribution < -0.4 is 20.9 Å². The molecular weight excluding hydrogens is 232 g/mol. The second-order valence-corrected chi connectivity index (χ2v) is 4.61. The summed E-state index contributed by atoms with van der Waals surface area (Å²) in [5, 5.41) is 0. The van der Waals surface area contributed by atoms with Crippen LogP contribution in [0.2, 0.25) is 0 Å². The molecule has 2 unspecified atom stereocenters. The van der Waals surface area contributed by atoms with Gasteiger partial charge in [-0.3, -0.25) is 4.79 Å². The van der Waals surface area contributed by atoms with E-state index in [0.29, 0.717) is 5.75 Å². The van der Waals surface area contributed by atoms with Gasteiger partial charge in [0.15, 0.2) is 0 Å². The molecule has 1 aromatic rings. The van der Waals surface area contributed by atoms with Gasteiger partial charge in [0.2, 0.25) is 5.91 Å². The van der Waals surface area contributed by atoms with Crippen LogP contribution in [-0.4, -0.2) is 19.1 Å². The van der Waals surface area contributed by atoms with Crippen LogP contribution >= 0.6 is 0 Å². The van der Waals surface area contributed by atoms with E-state index in [4.69, 9.17) is 20.9 Å². The predicted octanol–water partition coefficient (Wildman–Crippen LogP) is 0.894. The van der Waals surface area contributed by atoms with Crippen LogP contribution in [-0.2, 0) is 11.2 Å². The van der Waals surface area contributed by atoms with E-state index in [2.05, 4.69) is 0 Å². The number of primary amides is 1. The van der Waals surface area contributed by atoms with E-state index in [-0.39, 0.29) is 12.5 Å². The Balaban J connectivity index is 2.35. The largest absolute Gasteiger partial charge is 0.496 e. The maximum atomic E-state index is 10.9. The van der Waals surface area contributed by atoms with Crippen molar-refractivity contribution in [3.63, 3.8) is 0 Å². The highest BCUT2D eigenvalue weighted by atomic mass is 16.5. The molecule has 5 nitrogen and oxygen atoms in total. The van der Waals surface area contributed by atoms with Crippen molar-refractivity contribution in [2.75, 3.05) is 7.11 Å². The lowest BCUT2D eigenvalue weighted by atomic mass is 9.99. The second-order valence-electron chi connectivity index (χ2n) is 4.61. The van der Waals surface area contributed by atoms with Crippen molar-refractivity contribution in [2.45, 2.75) is 31.9 Å². The Morgan fingerprint density at radius 3 is 2.94 bits per heavy atom. The summed E-state index contributed by atoms with van der Waals surface area (Å²) in [7, 11) is 1.58. The smallest absolute Gasteiger partial charge is 0.219 e. The van der Waals surface area contributed by atoms with E-state index >= 15 is 0 Å². The van der Waals surface area contributed by atoms with Crippen molar-refractivity contribution >= 4 is 5.91 Å². The molecular formula is C13H18N2O3. The summed E-state index contributed by atoms with van der Waals surface area (Å²) in [6, 6.07) is 3.31. The summed E-state index contributed by atoms with van der Waals surface area (Å²) in [5.74, 6) is 1.07. The summed E-state index contributed by atoms with van der Waals surface area (Å²) in [5.41, 5.74) is 13.0. The van der Waals surface area contributed by atoms with Crippen molar-refractivity contribution < 1.29 is 14.3 Å². The van der Waals surface area contributed by atoms with Crippen LogP contribution in [0, 0.1) is 0 Å². The molecule has 1 amide bonds. The van der Waals surface area contributed by atoms with Crippen molar-refractivity contribution in [1.29, 1.82) is 0 Å². The van der Waals surface area contributed by atoms with Gasteiger partial charge in [-0.05, 0) is 19.1 Å². The zero-order valence-electron chi connectivity index (χ0n) is 10.6. The Kier molecular flexibility index (Phi) is 3.43. The first-order valence-electron chi connectivity index (χ1n) is 5.92. The number of nitrogens with two attached hydrogens (primary N) is 2. The van der Waals surface area contributed by atoms with Gasteiger partial charge < -0.3 is 20.9 Å². The van der Waals surface area contributed by atoms with Gasteiger partial charge in [-0.2, -0.15) is 0 Å². The molecule has 2 rings (SSSR count). The molecule has 18 heavy (non-hydrogen) atoms. The highest BCUT2D eigenvalue weighted by molar-refractivity contribution is 5.75. The van der Waals surface area contributed by atoms with E-state index in [9.17, 15) is 4.79 Å². The van der Waals surface area contributed by atoms with E-state index in [0.717, 1.165) is 23.3 Å². The molecule has 1 heterocycles. The minimum atomic E-state index is -0.470. The normalized spacial score (nSPS) is 18.9. The van der Waals surface area contributed by atoms with Gasteiger partial charge >= 0.3 is 0 Å². The van der Waals surface area contributed by atoms with Crippen LogP contribution in [0.4, 0.5) is 0 Å². The van der Waals surface area contributed by atoms with Gasteiger partial charge in [0.1, 0.15) is 17.6 Å². The molecule has 2 atom stereocenters. The number of rotatable bonds is 4. The highest BCUT2D eigenvalue weighted by Gasteiger charge is 2.24. The Morgan fingerprint density at radius 1 is 1.61 bits per heavy atom. The number of hydrogen-bond acceptors (Lipinski definition) is 4. The Bertz CT molecular complexity index is 474. The van der Waals surface area contributed by atoms with E-state index in [1.807, 2.05) is 19.1 Å². The number of amides is 1. The monoisotopic (exact) mass is 250 g/mol. The maximum Gasteiger partial charge on any atom is 0.219 e. The van der Waals surface area contributed by atoms with Gasteiger partial charge in [-0.25, -0.2) is 0 Å². The lowest BCUT2D eigenvalue weighted by Crippen LogP contribution is -2.21. The van der Waals surface area contributed by atoms with E-state index < -0.39 is 11.9 Å². The van der Waals surface area contributed by atoms with Gasteiger partial charge in [0.25, 0.3) is 0 Å². The molecule has 0 saturated carbocycles. The Hall–Kier alpha value is -1.75. The Labute approximate surface area is 106 Å². The fourth-order valence-corrected chi connectivity index (χ4v) is 2.25. The van der Waals surface area contributed by atoms with Crippen molar-refractivity contribution in [3.8, 4) is 11.5 Å². The molecule has 0 spiro atoms. The molecule has 0 fully saturated rings. The molecule has 0 aromatic heterocycles. The van der Waals surface area contributed by atoms with Gasteiger partial charge in [0.05, 0.1) is 7.11 Å². The molecule has 0 saturated heterocycles. The summed E-state index contributed by atoms with van der Waals surface area (Å²) in [6.45, 7) is 2.01. The molecule has 98 valence electrons. The quantitative estimate of drug-likeness (QED) is 0.830. The summed E-state index contributed by atoms with van der Waals surface area (Å²) >= 11 is 0. The summed E-state index contributed by atoms with van der Waals surface area (Å²) in [4.78, 5) is 10.9. The third-order valence-electron chi connectivity index (χ3n) is 3.07. The number of carbonyl (C=O) groups excluding carboxylic acids is 1. The van der Waals surface area contributed by atoms with E-state index in [1.165, 1.54) is 0 Å². The zero-order chi connectivity index (χ0) is 13.3. The number of methoxy groups -OCH3 is 1. The van der Waals surface area contributed by atoms with Crippen LogP contribution in [0.25, 0.3) is 0 Å². The predicted molar refractivity (Wildman–Crippen MR) is 67.5 cm³/mol. The second kappa shape index (κ2) is 4.86. The van der Waals surface area contributed by atoms with Crippen LogP contribution in [0.15, 0.2) is 12.1 Å². The van der Waals surface area contributed by atoms with Crippen molar-refractivity contribution in [2.24, 2.45) is 11.5 Å². The highest BCUT2D eigenvalue weighted by Crippen LogP contribution is 2.37. The number of ether oxygens (including phenoxy) is 2. The van der Waals surface area contributed by atoms with Crippen LogP contribution in [0.5, 0.6) is 11.5 Å². The Morgan fingerprint density at radius 2 is 2.33 bits per heavy atom. The van der Waals surface area contributed by atoms with Crippen LogP contribution in [0.3, 0.4) is 0 Å². The standard InChI is InChI=1S/C13H18N2O3/c1-7-3-8-4-12(17-2)9(5-11(8)18-7)10(14)6-13(15)16/h4-5,7,10H,3,6,14H2,1-2H3,(H2,15,16). The first kappa shape index (κ1) is 12.7. The average Bonchev–Trinajstić information content (AvgIpc) is 2.65. The third kappa shape index (κ3) is 2.41. The molecule has 1 aliphatic rings. The average molecular weight is 250 g/mol. The molecule has 5 heteroatoms. The molecule has 4 N–H and O–H groups in total. The molecule has 0 radical (unpaired) electrons. The number of fused-ring (bicyclic) bond motifs is 1. The minimum absolute atomic E-state index is 0.0880. The fraction of sp³-hybridized carbons (Fsp3) is 0.462. The molecule has 1 aromatic carbocycles.